The average Bonchev–Trinajstić information content (AvgIpc) is 2.72. The highest BCUT2D eigenvalue weighted by Gasteiger charge is 2.24. The number of rotatable bonds is 8. The topological polar surface area (TPSA) is 48.0 Å². The summed E-state index contributed by atoms with van der Waals surface area (Å²) in [5.41, 5.74) is 1.56. The summed E-state index contributed by atoms with van der Waals surface area (Å²) >= 11 is 0. The van der Waals surface area contributed by atoms with Crippen molar-refractivity contribution in [3.05, 3.63) is 53.6 Å². The molecule has 0 bridgehead atoms. The third-order valence-corrected chi connectivity index (χ3v) is 5.13. The normalized spacial score (nSPS) is 17.2. The van der Waals surface area contributed by atoms with Gasteiger partial charge in [0, 0.05) is 6.54 Å². The summed E-state index contributed by atoms with van der Waals surface area (Å²) in [6.45, 7) is 4.90. The molecule has 0 aromatic heterocycles. The second-order valence-electron chi connectivity index (χ2n) is 7.36. The van der Waals surface area contributed by atoms with Gasteiger partial charge in [0.15, 0.2) is 17.3 Å². The van der Waals surface area contributed by atoms with Gasteiger partial charge in [-0.15, -0.1) is 0 Å². The third kappa shape index (κ3) is 4.84. The molecule has 0 amide bonds. The molecule has 1 aliphatic rings. The molecule has 0 N–H and O–H groups in total. The van der Waals surface area contributed by atoms with Crippen molar-refractivity contribution in [3.8, 4) is 17.2 Å². The zero-order valence-electron chi connectivity index (χ0n) is 16.9. The smallest absolute Gasteiger partial charge is 0.204 e. The van der Waals surface area contributed by atoms with E-state index in [1.165, 1.54) is 6.42 Å². The van der Waals surface area contributed by atoms with Crippen molar-refractivity contribution in [1.82, 2.24) is 4.90 Å². The van der Waals surface area contributed by atoms with Crippen LogP contribution in [0.25, 0.3) is 0 Å². The quantitative estimate of drug-likeness (QED) is 0.640. The Morgan fingerprint density at radius 1 is 1.07 bits per heavy atom. The van der Waals surface area contributed by atoms with Crippen LogP contribution >= 0.6 is 0 Å². The van der Waals surface area contributed by atoms with E-state index >= 15 is 0 Å². The standard InChI is InChI=1S/C23H29NO4/c1-17-8-7-13-24(14-17)15-20(25)19-11-12-21(26-2)23(27-3)22(19)28-16-18-9-5-4-6-10-18/h4-6,9-12,17H,7-8,13-16H2,1-3H3. The Kier molecular flexibility index (Phi) is 6.93. The molecule has 1 aliphatic heterocycles. The van der Waals surface area contributed by atoms with Crippen LogP contribution in [0.15, 0.2) is 42.5 Å². The van der Waals surface area contributed by atoms with Gasteiger partial charge in [0.2, 0.25) is 5.75 Å². The van der Waals surface area contributed by atoms with Gasteiger partial charge in [0.1, 0.15) is 6.61 Å². The van der Waals surface area contributed by atoms with Gasteiger partial charge in [0.05, 0.1) is 26.3 Å². The largest absolute Gasteiger partial charge is 0.493 e. The predicted octanol–water partition coefficient (Wildman–Crippen LogP) is 4.20. The minimum absolute atomic E-state index is 0.0399. The van der Waals surface area contributed by atoms with E-state index < -0.39 is 0 Å². The summed E-state index contributed by atoms with van der Waals surface area (Å²) in [6.07, 6.45) is 2.37. The molecule has 2 aromatic rings. The van der Waals surface area contributed by atoms with E-state index in [1.54, 1.807) is 26.4 Å². The maximum atomic E-state index is 13.1. The lowest BCUT2D eigenvalue weighted by Crippen LogP contribution is -2.38. The maximum absolute atomic E-state index is 13.1. The van der Waals surface area contributed by atoms with Crippen molar-refractivity contribution < 1.29 is 19.0 Å². The summed E-state index contributed by atoms with van der Waals surface area (Å²) in [4.78, 5) is 15.3. The van der Waals surface area contributed by atoms with Gasteiger partial charge < -0.3 is 14.2 Å². The van der Waals surface area contributed by atoms with E-state index in [9.17, 15) is 4.79 Å². The Morgan fingerprint density at radius 2 is 1.86 bits per heavy atom. The molecule has 0 aliphatic carbocycles. The molecule has 3 rings (SSSR count). The predicted molar refractivity (Wildman–Crippen MR) is 109 cm³/mol. The van der Waals surface area contributed by atoms with Crippen LogP contribution in [0, 0.1) is 5.92 Å². The first-order valence-electron chi connectivity index (χ1n) is 9.79. The SMILES string of the molecule is COc1ccc(C(=O)CN2CCCC(C)C2)c(OCc2ccccc2)c1OC. The zero-order valence-corrected chi connectivity index (χ0v) is 16.9. The minimum atomic E-state index is 0.0399. The summed E-state index contributed by atoms with van der Waals surface area (Å²) < 4.78 is 17.0. The van der Waals surface area contributed by atoms with Crippen LogP contribution < -0.4 is 14.2 Å². The molecule has 5 heteroatoms. The molecule has 1 saturated heterocycles. The number of hydrogen-bond acceptors (Lipinski definition) is 5. The molecule has 150 valence electrons. The van der Waals surface area contributed by atoms with Crippen molar-refractivity contribution in [2.24, 2.45) is 5.92 Å². The van der Waals surface area contributed by atoms with Gasteiger partial charge in [-0.3, -0.25) is 9.69 Å². The van der Waals surface area contributed by atoms with Crippen LogP contribution in [0.5, 0.6) is 17.2 Å². The average molecular weight is 383 g/mol. The van der Waals surface area contributed by atoms with Gasteiger partial charge in [-0.2, -0.15) is 0 Å². The highest BCUT2D eigenvalue weighted by Crippen LogP contribution is 2.40. The first-order valence-corrected chi connectivity index (χ1v) is 9.79. The van der Waals surface area contributed by atoms with Crippen molar-refractivity contribution in [3.63, 3.8) is 0 Å². The number of ether oxygens (including phenoxy) is 3. The number of ketones is 1. The number of likely N-dealkylation sites (tertiary alicyclic amines) is 1. The van der Waals surface area contributed by atoms with Gasteiger partial charge in [0.25, 0.3) is 0 Å². The first kappa shape index (κ1) is 20.2. The molecule has 0 radical (unpaired) electrons. The van der Waals surface area contributed by atoms with Crippen LogP contribution in [-0.2, 0) is 6.61 Å². The second kappa shape index (κ2) is 9.60. The van der Waals surface area contributed by atoms with Crippen molar-refractivity contribution in [2.45, 2.75) is 26.4 Å². The molecule has 28 heavy (non-hydrogen) atoms. The molecule has 2 aromatic carbocycles. The molecule has 1 heterocycles. The molecule has 5 nitrogen and oxygen atoms in total. The second-order valence-corrected chi connectivity index (χ2v) is 7.36. The van der Waals surface area contributed by atoms with Crippen LogP contribution in [0.3, 0.4) is 0 Å². The van der Waals surface area contributed by atoms with Crippen LogP contribution in [0.2, 0.25) is 0 Å². The van der Waals surface area contributed by atoms with Crippen LogP contribution in [0.4, 0.5) is 0 Å². The van der Waals surface area contributed by atoms with E-state index in [-0.39, 0.29) is 5.78 Å². The summed E-state index contributed by atoms with van der Waals surface area (Å²) in [5, 5.41) is 0. The maximum Gasteiger partial charge on any atom is 0.204 e. The number of hydrogen-bond donors (Lipinski definition) is 0. The Morgan fingerprint density at radius 3 is 2.54 bits per heavy atom. The van der Waals surface area contributed by atoms with Gasteiger partial charge in [-0.05, 0) is 43.0 Å². The molecule has 1 fully saturated rings. The highest BCUT2D eigenvalue weighted by atomic mass is 16.5. The molecule has 0 saturated carbocycles. The van der Waals surface area contributed by atoms with Crippen molar-refractivity contribution >= 4 is 5.78 Å². The number of piperidine rings is 1. The molecular weight excluding hydrogens is 354 g/mol. The summed E-state index contributed by atoms with van der Waals surface area (Å²) in [6, 6.07) is 13.4. The van der Waals surface area contributed by atoms with Gasteiger partial charge in [-0.1, -0.05) is 37.3 Å². The van der Waals surface area contributed by atoms with Crippen LogP contribution in [-0.4, -0.2) is 44.5 Å². The van der Waals surface area contributed by atoms with E-state index in [0.717, 1.165) is 25.1 Å². The van der Waals surface area contributed by atoms with E-state index in [4.69, 9.17) is 14.2 Å². The lowest BCUT2D eigenvalue weighted by Gasteiger charge is -2.30. The van der Waals surface area contributed by atoms with E-state index in [2.05, 4.69) is 11.8 Å². The molecule has 0 spiro atoms. The summed E-state index contributed by atoms with van der Waals surface area (Å²) in [5.74, 6) is 2.12. The van der Waals surface area contributed by atoms with Gasteiger partial charge in [-0.25, -0.2) is 0 Å². The number of benzene rings is 2. The lowest BCUT2D eigenvalue weighted by atomic mass is 9.99. The number of methoxy groups -OCH3 is 2. The minimum Gasteiger partial charge on any atom is -0.493 e. The van der Waals surface area contributed by atoms with E-state index in [1.807, 2.05) is 30.3 Å². The number of nitrogens with zero attached hydrogens (tertiary/aromatic N) is 1. The number of carbonyl (C=O) groups is 1. The zero-order chi connectivity index (χ0) is 19.9. The molecular formula is C23H29NO4. The van der Waals surface area contributed by atoms with Gasteiger partial charge >= 0.3 is 0 Å². The highest BCUT2D eigenvalue weighted by molar-refractivity contribution is 6.01. The Bertz CT molecular complexity index is 791. The lowest BCUT2D eigenvalue weighted by molar-refractivity contribution is 0.0887. The number of carbonyl (C=O) groups excluding carboxylic acids is 1. The fraction of sp³-hybridized carbons (Fsp3) is 0.435. The fourth-order valence-corrected chi connectivity index (χ4v) is 3.71. The summed E-state index contributed by atoms with van der Waals surface area (Å²) in [7, 11) is 3.14. The molecule has 1 unspecified atom stereocenters. The van der Waals surface area contributed by atoms with Crippen molar-refractivity contribution in [2.75, 3.05) is 33.9 Å². The van der Waals surface area contributed by atoms with E-state index in [0.29, 0.717) is 41.9 Å². The fourth-order valence-electron chi connectivity index (χ4n) is 3.71. The first-order chi connectivity index (χ1) is 13.6. The van der Waals surface area contributed by atoms with Crippen LogP contribution in [0.1, 0.15) is 35.7 Å². The Hall–Kier alpha value is -2.53. The third-order valence-electron chi connectivity index (χ3n) is 5.13. The monoisotopic (exact) mass is 383 g/mol. The number of Topliss-reactive ketones (excluding diaryl/α,β-unsaturated/α-hetero) is 1. The Labute approximate surface area is 167 Å². The Balaban J connectivity index is 1.85. The molecule has 1 atom stereocenters. The van der Waals surface area contributed by atoms with Crippen molar-refractivity contribution in [1.29, 1.82) is 0 Å².